The number of nitrogens with zero attached hydrogens (tertiary/aromatic N) is 1. The number of hydrogen-bond donors (Lipinski definition) is 1. The van der Waals surface area contributed by atoms with Gasteiger partial charge in [-0.05, 0) is 66.8 Å². The van der Waals surface area contributed by atoms with Crippen LogP contribution in [0.1, 0.15) is 36.5 Å². The molecule has 0 spiro atoms. The summed E-state index contributed by atoms with van der Waals surface area (Å²) in [6.45, 7) is 0.611. The monoisotopic (exact) mass is 551 g/mol. The first kappa shape index (κ1) is 27.6. The third kappa shape index (κ3) is 5.53. The molecule has 0 aliphatic carbocycles. The number of benzene rings is 3. The Hall–Kier alpha value is -3.44. The van der Waals surface area contributed by atoms with Gasteiger partial charge in [0.25, 0.3) is 10.0 Å². The zero-order valence-electron chi connectivity index (χ0n) is 20.3. The van der Waals surface area contributed by atoms with Gasteiger partial charge in [0.2, 0.25) is 0 Å². The van der Waals surface area contributed by atoms with Crippen molar-refractivity contribution in [3.63, 3.8) is 0 Å². The minimum atomic E-state index is -4.96. The van der Waals surface area contributed by atoms with Gasteiger partial charge >= 0.3 is 12.1 Å². The number of aryl methyl sites for hydroxylation is 1. The predicted octanol–water partition coefficient (Wildman–Crippen LogP) is 5.24. The normalized spacial score (nSPS) is 17.4. The highest BCUT2D eigenvalue weighted by Crippen LogP contribution is 2.43. The fraction of sp³-hybridized carbons (Fsp3) is 0.296. The van der Waals surface area contributed by atoms with Crippen molar-refractivity contribution < 1.29 is 40.6 Å². The Balaban J connectivity index is 1.69. The number of rotatable bonds is 7. The molecular formula is C27H25F4NO5S. The van der Waals surface area contributed by atoms with E-state index in [4.69, 9.17) is 4.74 Å². The topological polar surface area (TPSA) is 83.9 Å². The standard InChI is InChI=1S/C27H25F4NO5S/c1-26(34,27(29,30)31)20-8-14-24-19(15-20)7-11-22(16-25(33)37-17-18-5-3-2-4-6-18)32(24)38(35,36)23-12-9-21(28)10-13-23/h2-6,8-10,12-15,22,34H,7,11,16-17H2,1H3/t22-,26?/m1/s1. The van der Waals surface area contributed by atoms with E-state index in [9.17, 15) is 35.9 Å². The van der Waals surface area contributed by atoms with Crippen molar-refractivity contribution in [2.24, 2.45) is 0 Å². The maximum atomic E-state index is 13.7. The van der Waals surface area contributed by atoms with Crippen molar-refractivity contribution in [3.05, 3.63) is 95.3 Å². The van der Waals surface area contributed by atoms with Crippen LogP contribution in [0.25, 0.3) is 0 Å². The smallest absolute Gasteiger partial charge is 0.421 e. The van der Waals surface area contributed by atoms with Gasteiger partial charge in [0.15, 0.2) is 5.60 Å². The van der Waals surface area contributed by atoms with Gasteiger partial charge in [-0.25, -0.2) is 12.8 Å². The lowest BCUT2D eigenvalue weighted by Crippen LogP contribution is -2.45. The van der Waals surface area contributed by atoms with Crippen LogP contribution < -0.4 is 4.31 Å². The number of alkyl halides is 3. The first-order valence-corrected chi connectivity index (χ1v) is 13.2. The van der Waals surface area contributed by atoms with E-state index in [-0.39, 0.29) is 42.0 Å². The molecule has 6 nitrogen and oxygen atoms in total. The Morgan fingerprint density at radius 1 is 1.05 bits per heavy atom. The Bertz CT molecular complexity index is 1410. The number of sulfonamides is 1. The van der Waals surface area contributed by atoms with Crippen molar-refractivity contribution in [3.8, 4) is 0 Å². The van der Waals surface area contributed by atoms with E-state index >= 15 is 0 Å². The largest absolute Gasteiger partial charge is 0.461 e. The van der Waals surface area contributed by atoms with Crippen molar-refractivity contribution in [1.82, 2.24) is 0 Å². The molecule has 3 aromatic rings. The lowest BCUT2D eigenvalue weighted by atomic mass is 9.89. The number of ether oxygens (including phenoxy) is 1. The van der Waals surface area contributed by atoms with Crippen LogP contribution in [0.3, 0.4) is 0 Å². The van der Waals surface area contributed by atoms with Crippen LogP contribution in [0.2, 0.25) is 0 Å². The zero-order valence-corrected chi connectivity index (χ0v) is 21.1. The second-order valence-electron chi connectivity index (χ2n) is 9.21. The molecular weight excluding hydrogens is 526 g/mol. The maximum absolute atomic E-state index is 13.7. The van der Waals surface area contributed by atoms with E-state index in [1.54, 1.807) is 24.3 Å². The van der Waals surface area contributed by atoms with Gasteiger partial charge in [0.05, 0.1) is 23.0 Å². The van der Waals surface area contributed by atoms with E-state index < -0.39 is 45.2 Å². The fourth-order valence-corrected chi connectivity index (χ4v) is 6.04. The molecule has 0 aromatic heterocycles. The van der Waals surface area contributed by atoms with Crippen LogP contribution in [-0.4, -0.2) is 31.7 Å². The molecule has 1 unspecified atom stereocenters. The van der Waals surface area contributed by atoms with Crippen LogP contribution in [-0.2, 0) is 38.2 Å². The second kappa shape index (κ2) is 10.4. The first-order chi connectivity index (χ1) is 17.8. The molecule has 2 atom stereocenters. The Morgan fingerprint density at radius 3 is 2.34 bits per heavy atom. The molecule has 0 saturated carbocycles. The molecule has 0 saturated heterocycles. The molecule has 0 amide bonds. The minimum Gasteiger partial charge on any atom is -0.461 e. The summed E-state index contributed by atoms with van der Waals surface area (Å²) in [6.07, 6.45) is -5.01. The highest BCUT2D eigenvalue weighted by molar-refractivity contribution is 7.92. The van der Waals surface area contributed by atoms with Crippen molar-refractivity contribution in [2.75, 3.05) is 4.31 Å². The van der Waals surface area contributed by atoms with Gasteiger partial charge < -0.3 is 9.84 Å². The molecule has 11 heteroatoms. The number of carbonyl (C=O) groups is 1. The molecule has 4 rings (SSSR count). The Morgan fingerprint density at radius 2 is 1.71 bits per heavy atom. The summed E-state index contributed by atoms with van der Waals surface area (Å²) in [5, 5.41) is 10.1. The van der Waals surface area contributed by atoms with Gasteiger partial charge in [-0.2, -0.15) is 13.2 Å². The number of anilines is 1. The number of halogens is 4. The van der Waals surface area contributed by atoms with Crippen molar-refractivity contribution in [1.29, 1.82) is 0 Å². The minimum absolute atomic E-state index is 0.0103. The summed E-state index contributed by atoms with van der Waals surface area (Å²) in [5.74, 6) is -1.30. The summed E-state index contributed by atoms with van der Waals surface area (Å²) >= 11 is 0. The van der Waals surface area contributed by atoms with Crippen LogP contribution in [0.15, 0.2) is 77.7 Å². The average molecular weight is 552 g/mol. The van der Waals surface area contributed by atoms with Crippen molar-refractivity contribution >= 4 is 21.7 Å². The maximum Gasteiger partial charge on any atom is 0.421 e. The third-order valence-electron chi connectivity index (χ3n) is 6.52. The first-order valence-electron chi connectivity index (χ1n) is 11.7. The van der Waals surface area contributed by atoms with Crippen molar-refractivity contribution in [2.45, 2.75) is 55.5 Å². The van der Waals surface area contributed by atoms with E-state index in [0.717, 1.165) is 46.3 Å². The fourth-order valence-electron chi connectivity index (χ4n) is 4.32. The zero-order chi connectivity index (χ0) is 27.7. The van der Waals surface area contributed by atoms with Crippen LogP contribution in [0, 0.1) is 5.82 Å². The molecule has 0 fully saturated rings. The molecule has 1 heterocycles. The van der Waals surface area contributed by atoms with Crippen LogP contribution in [0.5, 0.6) is 0 Å². The van der Waals surface area contributed by atoms with Gasteiger partial charge in [0.1, 0.15) is 12.4 Å². The van der Waals surface area contributed by atoms with E-state index in [0.29, 0.717) is 6.92 Å². The number of fused-ring (bicyclic) bond motifs is 1. The molecule has 202 valence electrons. The van der Waals surface area contributed by atoms with Gasteiger partial charge in [-0.3, -0.25) is 9.10 Å². The van der Waals surface area contributed by atoms with Crippen LogP contribution >= 0.6 is 0 Å². The van der Waals surface area contributed by atoms with Gasteiger partial charge in [-0.1, -0.05) is 42.5 Å². The third-order valence-corrected chi connectivity index (χ3v) is 8.41. The van der Waals surface area contributed by atoms with E-state index in [2.05, 4.69) is 0 Å². The van der Waals surface area contributed by atoms with Gasteiger partial charge in [-0.15, -0.1) is 0 Å². The number of carbonyl (C=O) groups excluding carboxylic acids is 1. The van der Waals surface area contributed by atoms with E-state index in [1.165, 1.54) is 6.07 Å². The lowest BCUT2D eigenvalue weighted by Gasteiger charge is -2.38. The number of esters is 1. The molecule has 1 aliphatic rings. The molecule has 1 aliphatic heterocycles. The Kier molecular flexibility index (Phi) is 7.53. The molecule has 0 bridgehead atoms. The second-order valence-corrected chi connectivity index (χ2v) is 11.0. The number of aliphatic hydroxyl groups is 1. The average Bonchev–Trinajstić information content (AvgIpc) is 2.87. The molecule has 1 N–H and O–H groups in total. The van der Waals surface area contributed by atoms with Gasteiger partial charge in [0, 0.05) is 0 Å². The Labute approximate surface area is 217 Å². The molecule has 0 radical (unpaired) electrons. The van der Waals surface area contributed by atoms with E-state index in [1.807, 2.05) is 6.07 Å². The SMILES string of the molecule is CC(O)(c1ccc2c(c1)CC[C@H](CC(=O)OCc1ccccc1)N2S(=O)(=O)c1ccc(F)cc1)C(F)(F)F. The summed E-state index contributed by atoms with van der Waals surface area (Å²) < 4.78 is 87.5. The summed E-state index contributed by atoms with van der Waals surface area (Å²) in [7, 11) is -4.36. The van der Waals surface area contributed by atoms with Crippen LogP contribution in [0.4, 0.5) is 23.2 Å². The number of hydrogen-bond acceptors (Lipinski definition) is 5. The summed E-state index contributed by atoms with van der Waals surface area (Å²) in [4.78, 5) is 12.4. The quantitative estimate of drug-likeness (QED) is 0.321. The predicted molar refractivity (Wildman–Crippen MR) is 131 cm³/mol. The highest BCUT2D eigenvalue weighted by atomic mass is 32.2. The molecule has 38 heavy (non-hydrogen) atoms. The summed E-state index contributed by atoms with van der Waals surface area (Å²) in [6, 6.07) is 15.4. The lowest BCUT2D eigenvalue weighted by molar-refractivity contribution is -0.258. The summed E-state index contributed by atoms with van der Waals surface area (Å²) in [5.41, 5.74) is -2.52. The highest BCUT2D eigenvalue weighted by Gasteiger charge is 2.51. The molecule has 3 aromatic carbocycles.